The number of furan rings is 1. The molecule has 1 unspecified atom stereocenters. The zero-order valence-corrected chi connectivity index (χ0v) is 16.9. The Bertz CT molecular complexity index is 1090. The van der Waals surface area contributed by atoms with Gasteiger partial charge < -0.3 is 19.2 Å². The Morgan fingerprint density at radius 3 is 2.60 bits per heavy atom. The fourth-order valence-electron chi connectivity index (χ4n) is 3.82. The number of para-hydroxylation sites is 1. The summed E-state index contributed by atoms with van der Waals surface area (Å²) in [6.07, 6.45) is 0.587. The number of hydrogen-bond donors (Lipinski definition) is 1. The molecule has 6 nitrogen and oxygen atoms in total. The van der Waals surface area contributed by atoms with Gasteiger partial charge in [-0.15, -0.1) is 0 Å². The number of aliphatic hydroxyl groups is 1. The van der Waals surface area contributed by atoms with Crippen LogP contribution in [0.5, 0.6) is 0 Å². The van der Waals surface area contributed by atoms with Crippen molar-refractivity contribution in [1.29, 1.82) is 0 Å². The number of amides is 1. The number of ketones is 1. The molecule has 0 saturated carbocycles. The second kappa shape index (κ2) is 8.16. The third-order valence-corrected chi connectivity index (χ3v) is 5.34. The maximum Gasteiger partial charge on any atom is 0.290 e. The van der Waals surface area contributed by atoms with Crippen LogP contribution in [0.1, 0.15) is 34.1 Å². The summed E-state index contributed by atoms with van der Waals surface area (Å²) in [5.41, 5.74) is 2.44. The third kappa shape index (κ3) is 3.50. The molecule has 2 heterocycles. The van der Waals surface area contributed by atoms with Gasteiger partial charge in [0.05, 0.1) is 11.6 Å². The molecule has 30 heavy (non-hydrogen) atoms. The summed E-state index contributed by atoms with van der Waals surface area (Å²) in [5, 5.41) is 11.5. The first-order valence-corrected chi connectivity index (χ1v) is 9.84. The zero-order valence-electron chi connectivity index (χ0n) is 16.9. The van der Waals surface area contributed by atoms with Crippen molar-refractivity contribution in [3.8, 4) is 0 Å². The van der Waals surface area contributed by atoms with Gasteiger partial charge in [0.25, 0.3) is 5.91 Å². The van der Waals surface area contributed by atoms with E-state index in [2.05, 4.69) is 0 Å². The predicted octanol–water partition coefficient (Wildman–Crippen LogP) is 4.36. The number of carbonyl (C=O) groups is 2. The highest BCUT2D eigenvalue weighted by molar-refractivity contribution is 6.16. The van der Waals surface area contributed by atoms with E-state index in [1.165, 1.54) is 4.90 Å². The molecule has 0 radical (unpaired) electrons. The Morgan fingerprint density at radius 2 is 1.90 bits per heavy atom. The molecule has 1 atom stereocenters. The largest absolute Gasteiger partial charge is 0.503 e. The van der Waals surface area contributed by atoms with Crippen molar-refractivity contribution in [3.63, 3.8) is 0 Å². The van der Waals surface area contributed by atoms with Gasteiger partial charge in [0.15, 0.2) is 11.5 Å². The number of ether oxygens (including phenoxy) is 1. The number of nitrogens with zero attached hydrogens (tertiary/aromatic N) is 1. The van der Waals surface area contributed by atoms with Gasteiger partial charge in [-0.3, -0.25) is 9.59 Å². The minimum atomic E-state index is -0.685. The minimum Gasteiger partial charge on any atom is -0.503 e. The Hall–Kier alpha value is -3.38. The number of methoxy groups -OCH3 is 1. The van der Waals surface area contributed by atoms with E-state index >= 15 is 0 Å². The van der Waals surface area contributed by atoms with E-state index in [9.17, 15) is 14.7 Å². The maximum atomic E-state index is 13.4. The molecule has 1 aliphatic heterocycles. The van der Waals surface area contributed by atoms with Gasteiger partial charge in [-0.25, -0.2) is 0 Å². The van der Waals surface area contributed by atoms with Crippen molar-refractivity contribution >= 4 is 22.7 Å². The lowest BCUT2D eigenvalue weighted by atomic mass is 9.94. The van der Waals surface area contributed by atoms with Crippen LogP contribution in [0.4, 0.5) is 0 Å². The van der Waals surface area contributed by atoms with Gasteiger partial charge in [0, 0.05) is 25.6 Å². The van der Waals surface area contributed by atoms with Crippen LogP contribution < -0.4 is 0 Å². The second-order valence-electron chi connectivity index (χ2n) is 7.40. The summed E-state index contributed by atoms with van der Waals surface area (Å²) in [5.74, 6) is -1.47. The number of Topliss-reactive ketones (excluding diaryl/α,β-unsaturated/α-hetero) is 1. The third-order valence-electron chi connectivity index (χ3n) is 5.34. The molecule has 0 saturated heterocycles. The van der Waals surface area contributed by atoms with Crippen LogP contribution in [0.3, 0.4) is 0 Å². The van der Waals surface area contributed by atoms with Gasteiger partial charge >= 0.3 is 0 Å². The van der Waals surface area contributed by atoms with Gasteiger partial charge in [-0.1, -0.05) is 48.0 Å². The van der Waals surface area contributed by atoms with Crippen molar-refractivity contribution in [1.82, 2.24) is 4.90 Å². The number of aryl methyl sites for hydroxylation is 1. The van der Waals surface area contributed by atoms with Crippen LogP contribution >= 0.6 is 0 Å². The molecule has 6 heteroatoms. The van der Waals surface area contributed by atoms with E-state index in [1.807, 2.05) is 49.4 Å². The lowest BCUT2D eigenvalue weighted by Crippen LogP contribution is -2.32. The van der Waals surface area contributed by atoms with Crippen LogP contribution in [0, 0.1) is 6.92 Å². The van der Waals surface area contributed by atoms with Gasteiger partial charge in [-0.2, -0.15) is 0 Å². The van der Waals surface area contributed by atoms with Gasteiger partial charge in [0.2, 0.25) is 5.78 Å². The number of rotatable bonds is 7. The lowest BCUT2D eigenvalue weighted by molar-refractivity contribution is -0.129. The van der Waals surface area contributed by atoms with Crippen molar-refractivity contribution in [2.24, 2.45) is 0 Å². The number of fused-ring (bicyclic) bond motifs is 1. The van der Waals surface area contributed by atoms with E-state index in [0.29, 0.717) is 25.2 Å². The molecule has 0 aliphatic carbocycles. The molecule has 1 aliphatic rings. The van der Waals surface area contributed by atoms with E-state index in [-0.39, 0.29) is 11.3 Å². The predicted molar refractivity (Wildman–Crippen MR) is 112 cm³/mol. The molecule has 0 spiro atoms. The standard InChI is InChI=1S/C24H23NO5/c1-15-8-10-16(11-9-15)21-20(23(27)24(28)25(21)12-5-13-29-2)22(26)19-14-17-6-3-4-7-18(17)30-19/h3-4,6-11,14,21,27H,5,12-13H2,1-2H3. The molecular formula is C24H23NO5. The van der Waals surface area contributed by atoms with E-state index in [4.69, 9.17) is 9.15 Å². The monoisotopic (exact) mass is 405 g/mol. The number of benzene rings is 2. The summed E-state index contributed by atoms with van der Waals surface area (Å²) in [4.78, 5) is 27.8. The fourth-order valence-corrected chi connectivity index (χ4v) is 3.82. The smallest absolute Gasteiger partial charge is 0.290 e. The second-order valence-corrected chi connectivity index (χ2v) is 7.40. The highest BCUT2D eigenvalue weighted by Crippen LogP contribution is 2.39. The first-order chi connectivity index (χ1) is 14.5. The quantitative estimate of drug-likeness (QED) is 0.467. The highest BCUT2D eigenvalue weighted by Gasteiger charge is 2.44. The topological polar surface area (TPSA) is 80.0 Å². The molecule has 0 fully saturated rings. The van der Waals surface area contributed by atoms with Crippen molar-refractivity contribution in [3.05, 3.63) is 82.8 Å². The molecule has 1 N–H and O–H groups in total. The van der Waals surface area contributed by atoms with Crippen LogP contribution in [-0.2, 0) is 9.53 Å². The van der Waals surface area contributed by atoms with Gasteiger partial charge in [-0.05, 0) is 31.0 Å². The van der Waals surface area contributed by atoms with Crippen LogP contribution in [0.25, 0.3) is 11.0 Å². The first-order valence-electron chi connectivity index (χ1n) is 9.84. The molecular weight excluding hydrogens is 382 g/mol. The molecule has 0 bridgehead atoms. The molecule has 154 valence electrons. The zero-order chi connectivity index (χ0) is 21.3. The van der Waals surface area contributed by atoms with E-state index in [0.717, 1.165) is 16.5 Å². The molecule has 3 aromatic rings. The first kappa shape index (κ1) is 19.9. The number of hydrogen-bond acceptors (Lipinski definition) is 5. The molecule has 4 rings (SSSR count). The molecule has 1 aromatic heterocycles. The summed E-state index contributed by atoms with van der Waals surface area (Å²) < 4.78 is 10.8. The van der Waals surface area contributed by atoms with Crippen molar-refractivity contribution in [2.45, 2.75) is 19.4 Å². The molecule has 2 aromatic carbocycles. The molecule has 1 amide bonds. The van der Waals surface area contributed by atoms with E-state index in [1.54, 1.807) is 19.2 Å². The van der Waals surface area contributed by atoms with Gasteiger partial charge in [0.1, 0.15) is 5.58 Å². The Labute approximate surface area is 174 Å². The summed E-state index contributed by atoms with van der Waals surface area (Å²) in [6, 6.07) is 15.8. The highest BCUT2D eigenvalue weighted by atomic mass is 16.5. The van der Waals surface area contributed by atoms with Crippen LogP contribution in [0.2, 0.25) is 0 Å². The van der Waals surface area contributed by atoms with Crippen molar-refractivity contribution in [2.75, 3.05) is 20.3 Å². The SMILES string of the molecule is COCCCN1C(=O)C(O)=C(C(=O)c2cc3ccccc3o2)C1c1ccc(C)cc1. The maximum absolute atomic E-state index is 13.4. The van der Waals surface area contributed by atoms with E-state index < -0.39 is 23.5 Å². The Morgan fingerprint density at radius 1 is 1.17 bits per heavy atom. The summed E-state index contributed by atoms with van der Waals surface area (Å²) >= 11 is 0. The van der Waals surface area contributed by atoms with Crippen LogP contribution in [-0.4, -0.2) is 42.0 Å². The fraction of sp³-hybridized carbons (Fsp3) is 0.250. The Balaban J connectivity index is 1.76. The normalized spacial score (nSPS) is 16.7. The number of aliphatic hydroxyl groups excluding tert-OH is 1. The average Bonchev–Trinajstić information content (AvgIpc) is 3.29. The Kier molecular flexibility index (Phi) is 5.42. The lowest BCUT2D eigenvalue weighted by Gasteiger charge is -2.26. The number of carbonyl (C=O) groups excluding carboxylic acids is 2. The average molecular weight is 405 g/mol. The summed E-state index contributed by atoms with van der Waals surface area (Å²) in [6.45, 7) is 2.79. The summed E-state index contributed by atoms with van der Waals surface area (Å²) in [7, 11) is 1.59. The minimum absolute atomic E-state index is 0.0420. The van der Waals surface area contributed by atoms with Crippen molar-refractivity contribution < 1.29 is 23.8 Å². The van der Waals surface area contributed by atoms with Crippen LogP contribution in [0.15, 0.2) is 70.3 Å².